The van der Waals surface area contributed by atoms with Crippen LogP contribution in [0.1, 0.15) is 25.3 Å². The normalized spacial score (nSPS) is 20.1. The third-order valence-electron chi connectivity index (χ3n) is 3.73. The molecule has 1 heterocycles. The number of nitrogens with zero attached hydrogens (tertiary/aromatic N) is 1. The largest absolute Gasteiger partial charge is 0.396 e. The van der Waals surface area contributed by atoms with Gasteiger partial charge in [-0.3, -0.25) is 4.79 Å². The summed E-state index contributed by atoms with van der Waals surface area (Å²) in [5.74, 6) is -0.133. The van der Waals surface area contributed by atoms with Crippen molar-refractivity contribution in [2.24, 2.45) is 5.92 Å². The van der Waals surface area contributed by atoms with Crippen molar-refractivity contribution >= 4 is 11.5 Å². The molecular formula is C16H20FNO2. The van der Waals surface area contributed by atoms with Crippen LogP contribution in [0.2, 0.25) is 0 Å². The van der Waals surface area contributed by atoms with E-state index < -0.39 is 0 Å². The van der Waals surface area contributed by atoms with Crippen molar-refractivity contribution in [3.63, 3.8) is 0 Å². The topological polar surface area (TPSA) is 40.5 Å². The Morgan fingerprint density at radius 1 is 1.45 bits per heavy atom. The van der Waals surface area contributed by atoms with Crippen molar-refractivity contribution in [2.75, 3.05) is 19.7 Å². The van der Waals surface area contributed by atoms with Gasteiger partial charge in [-0.1, -0.05) is 12.1 Å². The van der Waals surface area contributed by atoms with Gasteiger partial charge in [0.2, 0.25) is 5.91 Å². The van der Waals surface area contributed by atoms with E-state index in [9.17, 15) is 14.3 Å². The zero-order chi connectivity index (χ0) is 14.5. The Balaban J connectivity index is 2.05. The molecule has 0 aromatic heterocycles. The van der Waals surface area contributed by atoms with Crippen molar-refractivity contribution in [3.05, 3.63) is 41.7 Å². The minimum Gasteiger partial charge on any atom is -0.396 e. The van der Waals surface area contributed by atoms with Gasteiger partial charge in [-0.15, -0.1) is 0 Å². The fourth-order valence-corrected chi connectivity index (χ4v) is 2.49. The standard InChI is InChI=1S/C16H20FNO2/c1-12(14-4-6-15(17)7-5-14)9-16(20)18-8-2-3-13(10-18)11-19/h4-7,9,13,19H,2-3,8,10-11H2,1H3/b12-9-. The first kappa shape index (κ1) is 14.7. The zero-order valence-corrected chi connectivity index (χ0v) is 11.7. The molecule has 1 aliphatic rings. The second-order valence-electron chi connectivity index (χ2n) is 5.31. The minimum absolute atomic E-state index is 0.0371. The highest BCUT2D eigenvalue weighted by Gasteiger charge is 2.21. The Kier molecular flexibility index (Phi) is 4.90. The summed E-state index contributed by atoms with van der Waals surface area (Å²) >= 11 is 0. The molecule has 1 atom stereocenters. The molecule has 20 heavy (non-hydrogen) atoms. The number of hydrogen-bond acceptors (Lipinski definition) is 2. The number of hydrogen-bond donors (Lipinski definition) is 1. The summed E-state index contributed by atoms with van der Waals surface area (Å²) in [5, 5.41) is 9.19. The molecule has 1 aromatic carbocycles. The molecule has 0 spiro atoms. The Morgan fingerprint density at radius 3 is 2.80 bits per heavy atom. The van der Waals surface area contributed by atoms with Crippen LogP contribution in [0.5, 0.6) is 0 Å². The van der Waals surface area contributed by atoms with Crippen LogP contribution in [0.15, 0.2) is 30.3 Å². The van der Waals surface area contributed by atoms with E-state index in [-0.39, 0.29) is 24.2 Å². The van der Waals surface area contributed by atoms with Gasteiger partial charge in [0, 0.05) is 25.8 Å². The summed E-state index contributed by atoms with van der Waals surface area (Å²) in [6.45, 7) is 3.33. The number of allylic oxidation sites excluding steroid dienone is 1. The van der Waals surface area contributed by atoms with E-state index in [1.165, 1.54) is 12.1 Å². The van der Waals surface area contributed by atoms with Crippen LogP contribution in [0.25, 0.3) is 5.57 Å². The molecule has 2 rings (SSSR count). The van der Waals surface area contributed by atoms with Crippen molar-refractivity contribution in [1.82, 2.24) is 4.90 Å². The van der Waals surface area contributed by atoms with Gasteiger partial charge in [-0.05, 0) is 49.0 Å². The Labute approximate surface area is 118 Å². The third kappa shape index (κ3) is 3.67. The summed E-state index contributed by atoms with van der Waals surface area (Å²) < 4.78 is 12.9. The Bertz CT molecular complexity index is 496. The number of carbonyl (C=O) groups is 1. The van der Waals surface area contributed by atoms with Gasteiger partial charge in [-0.2, -0.15) is 0 Å². The number of amides is 1. The first-order valence-corrected chi connectivity index (χ1v) is 6.94. The quantitative estimate of drug-likeness (QED) is 0.862. The fraction of sp³-hybridized carbons (Fsp3) is 0.438. The number of aliphatic hydroxyl groups excluding tert-OH is 1. The Morgan fingerprint density at radius 2 is 2.15 bits per heavy atom. The molecule has 1 amide bonds. The SMILES string of the molecule is C/C(=C/C(=O)N1CCCC(CO)C1)c1ccc(F)cc1. The van der Waals surface area contributed by atoms with E-state index in [1.807, 2.05) is 6.92 Å². The molecule has 108 valence electrons. The van der Waals surface area contributed by atoms with E-state index in [4.69, 9.17) is 0 Å². The van der Waals surface area contributed by atoms with Gasteiger partial charge in [-0.25, -0.2) is 4.39 Å². The van der Waals surface area contributed by atoms with Crippen LogP contribution in [0, 0.1) is 11.7 Å². The predicted octanol–water partition coefficient (Wildman–Crippen LogP) is 2.46. The van der Waals surface area contributed by atoms with Crippen LogP contribution in [-0.4, -0.2) is 35.6 Å². The molecule has 0 bridgehead atoms. The number of carbonyl (C=O) groups excluding carboxylic acids is 1. The number of aliphatic hydroxyl groups is 1. The zero-order valence-electron chi connectivity index (χ0n) is 11.7. The highest BCUT2D eigenvalue weighted by molar-refractivity contribution is 5.94. The van der Waals surface area contributed by atoms with E-state index in [0.29, 0.717) is 6.54 Å². The lowest BCUT2D eigenvalue weighted by atomic mass is 9.98. The maximum absolute atomic E-state index is 12.9. The first-order valence-electron chi connectivity index (χ1n) is 6.94. The van der Waals surface area contributed by atoms with Crippen molar-refractivity contribution in [3.8, 4) is 0 Å². The molecule has 1 aromatic rings. The van der Waals surface area contributed by atoms with Gasteiger partial charge in [0.25, 0.3) is 0 Å². The van der Waals surface area contributed by atoms with Crippen LogP contribution < -0.4 is 0 Å². The van der Waals surface area contributed by atoms with E-state index in [2.05, 4.69) is 0 Å². The number of halogens is 1. The third-order valence-corrected chi connectivity index (χ3v) is 3.73. The summed E-state index contributed by atoms with van der Waals surface area (Å²) in [4.78, 5) is 14.0. The second kappa shape index (κ2) is 6.66. The molecule has 3 nitrogen and oxygen atoms in total. The minimum atomic E-state index is -0.283. The van der Waals surface area contributed by atoms with E-state index in [0.717, 1.165) is 30.5 Å². The highest BCUT2D eigenvalue weighted by Crippen LogP contribution is 2.18. The van der Waals surface area contributed by atoms with Crippen LogP contribution in [0.3, 0.4) is 0 Å². The Hall–Kier alpha value is -1.68. The van der Waals surface area contributed by atoms with Gasteiger partial charge < -0.3 is 10.0 Å². The summed E-state index contributed by atoms with van der Waals surface area (Å²) in [6, 6.07) is 6.11. The molecule has 0 aliphatic carbocycles. The molecule has 1 fully saturated rings. The maximum atomic E-state index is 12.9. The lowest BCUT2D eigenvalue weighted by molar-refractivity contribution is -0.128. The fourth-order valence-electron chi connectivity index (χ4n) is 2.49. The van der Waals surface area contributed by atoms with Crippen molar-refractivity contribution in [1.29, 1.82) is 0 Å². The molecular weight excluding hydrogens is 257 g/mol. The van der Waals surface area contributed by atoms with Gasteiger partial charge in [0.15, 0.2) is 0 Å². The molecule has 1 unspecified atom stereocenters. The first-order chi connectivity index (χ1) is 9.60. The number of piperidine rings is 1. The van der Waals surface area contributed by atoms with Gasteiger partial charge in [0.05, 0.1) is 0 Å². The average Bonchev–Trinajstić information content (AvgIpc) is 2.47. The van der Waals surface area contributed by atoms with Gasteiger partial charge >= 0.3 is 0 Å². The van der Waals surface area contributed by atoms with Crippen LogP contribution in [-0.2, 0) is 4.79 Å². The summed E-state index contributed by atoms with van der Waals surface area (Å²) in [7, 11) is 0. The number of rotatable bonds is 3. The van der Waals surface area contributed by atoms with Gasteiger partial charge in [0.1, 0.15) is 5.82 Å². The number of likely N-dealkylation sites (tertiary alicyclic amines) is 1. The smallest absolute Gasteiger partial charge is 0.246 e. The van der Waals surface area contributed by atoms with E-state index in [1.54, 1.807) is 23.1 Å². The summed E-state index contributed by atoms with van der Waals surface area (Å²) in [6.07, 6.45) is 3.49. The molecule has 4 heteroatoms. The molecule has 1 aliphatic heterocycles. The molecule has 1 saturated heterocycles. The highest BCUT2D eigenvalue weighted by atomic mass is 19.1. The molecule has 1 N–H and O–H groups in total. The maximum Gasteiger partial charge on any atom is 0.246 e. The second-order valence-corrected chi connectivity index (χ2v) is 5.31. The van der Waals surface area contributed by atoms with Crippen LogP contribution >= 0.6 is 0 Å². The average molecular weight is 277 g/mol. The monoisotopic (exact) mass is 277 g/mol. The summed E-state index contributed by atoms with van der Waals surface area (Å²) in [5.41, 5.74) is 1.66. The van der Waals surface area contributed by atoms with Crippen LogP contribution in [0.4, 0.5) is 4.39 Å². The molecule has 0 saturated carbocycles. The lowest BCUT2D eigenvalue weighted by Crippen LogP contribution is -2.40. The van der Waals surface area contributed by atoms with E-state index >= 15 is 0 Å². The van der Waals surface area contributed by atoms with Crippen molar-refractivity contribution < 1.29 is 14.3 Å². The van der Waals surface area contributed by atoms with Crippen molar-refractivity contribution in [2.45, 2.75) is 19.8 Å². The predicted molar refractivity (Wildman–Crippen MR) is 76.4 cm³/mol. The number of benzene rings is 1. The lowest BCUT2D eigenvalue weighted by Gasteiger charge is -2.31. The molecule has 0 radical (unpaired) electrons.